The second-order valence-corrected chi connectivity index (χ2v) is 4.89. The molecule has 0 radical (unpaired) electrons. The molecule has 0 saturated carbocycles. The molecule has 0 bridgehead atoms. The average Bonchev–Trinajstić information content (AvgIpc) is 2.64. The molecule has 1 rings (SSSR count). The number of imide groups is 1. The molecule has 21 heavy (non-hydrogen) atoms. The second-order valence-electron chi connectivity index (χ2n) is 4.89. The zero-order valence-corrected chi connectivity index (χ0v) is 12.2. The number of nitrogens with one attached hydrogen (secondary N) is 2. The van der Waals surface area contributed by atoms with E-state index < -0.39 is 17.9 Å². The van der Waals surface area contributed by atoms with Gasteiger partial charge in [-0.25, -0.2) is 9.78 Å². The second kappa shape index (κ2) is 7.41. The normalized spacial score (nSPS) is 11.8. The van der Waals surface area contributed by atoms with Crippen LogP contribution in [-0.2, 0) is 16.1 Å². The molecule has 1 atom stereocenters. The van der Waals surface area contributed by atoms with Crippen molar-refractivity contribution in [2.75, 3.05) is 0 Å². The van der Waals surface area contributed by atoms with Crippen molar-refractivity contribution in [3.8, 4) is 0 Å². The molecule has 8 nitrogen and oxygen atoms in total. The van der Waals surface area contributed by atoms with Gasteiger partial charge in [-0.3, -0.25) is 14.9 Å². The van der Waals surface area contributed by atoms with E-state index >= 15 is 0 Å². The van der Waals surface area contributed by atoms with Crippen molar-refractivity contribution in [2.45, 2.75) is 40.2 Å². The van der Waals surface area contributed by atoms with Gasteiger partial charge in [0, 0.05) is 12.8 Å². The topological polar surface area (TPSA) is 122 Å². The van der Waals surface area contributed by atoms with Crippen LogP contribution in [0.15, 0.2) is 4.42 Å². The lowest BCUT2D eigenvalue weighted by Gasteiger charge is -2.08. The fourth-order valence-electron chi connectivity index (χ4n) is 1.68. The molecule has 3 amide bonds. The van der Waals surface area contributed by atoms with E-state index in [0.717, 1.165) is 5.69 Å². The van der Waals surface area contributed by atoms with Crippen LogP contribution < -0.4 is 10.6 Å². The molecule has 0 aliphatic carbocycles. The summed E-state index contributed by atoms with van der Waals surface area (Å²) in [6.07, 6.45) is -0.152. The van der Waals surface area contributed by atoms with Gasteiger partial charge in [0.05, 0.1) is 12.2 Å². The summed E-state index contributed by atoms with van der Waals surface area (Å²) in [5.41, 5.74) is 0.741. The lowest BCUT2D eigenvalue weighted by atomic mass is 10.0. The SMILES string of the molecule is Cc1nc(CNC(=O)NC(=O)CC(C)CC(=O)O)oc1C. The number of carboxylic acids is 1. The minimum absolute atomic E-state index is 0.0308. The van der Waals surface area contributed by atoms with Gasteiger partial charge in [-0.1, -0.05) is 6.92 Å². The van der Waals surface area contributed by atoms with Crippen LogP contribution in [0.3, 0.4) is 0 Å². The molecular formula is C13H19N3O5. The van der Waals surface area contributed by atoms with E-state index in [4.69, 9.17) is 9.52 Å². The van der Waals surface area contributed by atoms with E-state index in [2.05, 4.69) is 15.6 Å². The third kappa shape index (κ3) is 6.07. The van der Waals surface area contributed by atoms with Gasteiger partial charge in [-0.2, -0.15) is 0 Å². The van der Waals surface area contributed by atoms with Crippen LogP contribution in [0.1, 0.15) is 37.1 Å². The minimum Gasteiger partial charge on any atom is -0.481 e. The molecule has 116 valence electrons. The molecule has 8 heteroatoms. The molecule has 3 N–H and O–H groups in total. The van der Waals surface area contributed by atoms with Gasteiger partial charge in [0.15, 0.2) is 0 Å². The maximum absolute atomic E-state index is 11.5. The zero-order valence-electron chi connectivity index (χ0n) is 12.2. The first-order valence-electron chi connectivity index (χ1n) is 6.50. The van der Waals surface area contributed by atoms with Crippen LogP contribution in [0.4, 0.5) is 4.79 Å². The highest BCUT2D eigenvalue weighted by atomic mass is 16.4. The number of aryl methyl sites for hydroxylation is 2. The predicted octanol–water partition coefficient (Wildman–Crippen LogP) is 1.12. The number of oxazole rings is 1. The highest BCUT2D eigenvalue weighted by Gasteiger charge is 2.15. The molecule has 0 aliphatic heterocycles. The van der Waals surface area contributed by atoms with Gasteiger partial charge in [-0.15, -0.1) is 0 Å². The number of hydrogen-bond acceptors (Lipinski definition) is 5. The van der Waals surface area contributed by atoms with E-state index in [-0.39, 0.29) is 25.3 Å². The molecule has 0 aliphatic rings. The Kier molecular flexibility index (Phi) is 5.89. The Labute approximate surface area is 121 Å². The molecule has 0 saturated heterocycles. The van der Waals surface area contributed by atoms with Gasteiger partial charge >= 0.3 is 12.0 Å². The lowest BCUT2D eigenvalue weighted by molar-refractivity contribution is -0.138. The monoisotopic (exact) mass is 297 g/mol. The van der Waals surface area contributed by atoms with E-state index in [1.165, 1.54) is 0 Å². The highest BCUT2D eigenvalue weighted by molar-refractivity contribution is 5.94. The maximum atomic E-state index is 11.5. The van der Waals surface area contributed by atoms with Crippen molar-refractivity contribution < 1.29 is 23.9 Å². The summed E-state index contributed by atoms with van der Waals surface area (Å²) in [7, 11) is 0. The van der Waals surface area contributed by atoms with Crippen molar-refractivity contribution >= 4 is 17.9 Å². The lowest BCUT2D eigenvalue weighted by Crippen LogP contribution is -2.39. The number of carbonyl (C=O) groups is 3. The van der Waals surface area contributed by atoms with Crippen LogP contribution in [0.25, 0.3) is 0 Å². The molecule has 0 fully saturated rings. The maximum Gasteiger partial charge on any atom is 0.321 e. The Morgan fingerprint density at radius 3 is 2.48 bits per heavy atom. The van der Waals surface area contributed by atoms with Crippen LogP contribution in [0.5, 0.6) is 0 Å². The number of aromatic nitrogens is 1. The third-order valence-electron chi connectivity index (χ3n) is 2.78. The molecular weight excluding hydrogens is 278 g/mol. The fourth-order valence-corrected chi connectivity index (χ4v) is 1.68. The van der Waals surface area contributed by atoms with Crippen LogP contribution in [0.2, 0.25) is 0 Å². The summed E-state index contributed by atoms with van der Waals surface area (Å²) >= 11 is 0. The Morgan fingerprint density at radius 2 is 1.95 bits per heavy atom. The van der Waals surface area contributed by atoms with Gasteiger partial charge in [0.1, 0.15) is 5.76 Å². The Hall–Kier alpha value is -2.38. The first-order chi connectivity index (χ1) is 9.77. The summed E-state index contributed by atoms with van der Waals surface area (Å²) in [4.78, 5) is 37.6. The number of urea groups is 1. The number of carbonyl (C=O) groups excluding carboxylic acids is 2. The Morgan fingerprint density at radius 1 is 1.29 bits per heavy atom. The van der Waals surface area contributed by atoms with Gasteiger partial charge in [-0.05, 0) is 19.8 Å². The molecule has 1 heterocycles. The molecule has 1 unspecified atom stereocenters. The van der Waals surface area contributed by atoms with E-state index in [9.17, 15) is 14.4 Å². The van der Waals surface area contributed by atoms with Crippen molar-refractivity contribution in [3.05, 3.63) is 17.3 Å². The van der Waals surface area contributed by atoms with Crippen LogP contribution >= 0.6 is 0 Å². The largest absolute Gasteiger partial charge is 0.481 e. The van der Waals surface area contributed by atoms with Crippen LogP contribution in [-0.4, -0.2) is 28.0 Å². The highest BCUT2D eigenvalue weighted by Crippen LogP contribution is 2.08. The number of carboxylic acid groups (broad SMARTS) is 1. The number of rotatable bonds is 6. The summed E-state index contributed by atoms with van der Waals surface area (Å²) in [6.45, 7) is 5.25. The number of nitrogens with zero attached hydrogens (tertiary/aromatic N) is 1. The van der Waals surface area contributed by atoms with Crippen molar-refractivity contribution in [3.63, 3.8) is 0 Å². The molecule has 1 aromatic heterocycles. The predicted molar refractivity (Wildman–Crippen MR) is 72.4 cm³/mol. The summed E-state index contributed by atoms with van der Waals surface area (Å²) in [6, 6.07) is -0.670. The quantitative estimate of drug-likeness (QED) is 0.723. The standard InChI is InChI=1S/C13H19N3O5/c1-7(5-12(18)19)4-10(17)16-13(20)14-6-11-15-8(2)9(3)21-11/h7H,4-6H2,1-3H3,(H,18,19)(H2,14,16,17,20). The first kappa shape index (κ1) is 16.7. The van der Waals surface area contributed by atoms with E-state index in [1.807, 2.05) is 0 Å². The number of hydrogen-bond donors (Lipinski definition) is 3. The minimum atomic E-state index is -0.977. The Bertz CT molecular complexity index is 518. The smallest absolute Gasteiger partial charge is 0.321 e. The Balaban J connectivity index is 2.33. The number of amides is 3. The fraction of sp³-hybridized carbons (Fsp3) is 0.538. The summed E-state index contributed by atoms with van der Waals surface area (Å²) in [5, 5.41) is 13.2. The summed E-state index contributed by atoms with van der Waals surface area (Å²) < 4.78 is 5.27. The van der Waals surface area contributed by atoms with Crippen molar-refractivity contribution in [2.24, 2.45) is 5.92 Å². The van der Waals surface area contributed by atoms with Gasteiger partial charge in [0.2, 0.25) is 11.8 Å². The van der Waals surface area contributed by atoms with Gasteiger partial charge in [0.25, 0.3) is 0 Å². The van der Waals surface area contributed by atoms with Crippen LogP contribution in [0, 0.1) is 19.8 Å². The van der Waals surface area contributed by atoms with Crippen molar-refractivity contribution in [1.82, 2.24) is 15.6 Å². The third-order valence-corrected chi connectivity index (χ3v) is 2.78. The van der Waals surface area contributed by atoms with E-state index in [0.29, 0.717) is 11.7 Å². The van der Waals surface area contributed by atoms with E-state index in [1.54, 1.807) is 20.8 Å². The first-order valence-corrected chi connectivity index (χ1v) is 6.50. The van der Waals surface area contributed by atoms with Crippen molar-refractivity contribution in [1.29, 1.82) is 0 Å². The molecule has 0 spiro atoms. The zero-order chi connectivity index (χ0) is 16.0. The molecule has 1 aromatic rings. The molecule has 0 aromatic carbocycles. The average molecular weight is 297 g/mol. The summed E-state index contributed by atoms with van der Waals surface area (Å²) in [5.74, 6) is -0.819. The number of aliphatic carboxylic acids is 1. The van der Waals surface area contributed by atoms with Gasteiger partial charge < -0.3 is 14.8 Å².